The van der Waals surface area contributed by atoms with Gasteiger partial charge in [0, 0.05) is 17.5 Å². The highest BCUT2D eigenvalue weighted by atomic mass is 19.4. The first kappa shape index (κ1) is 25.0. The maximum absolute atomic E-state index is 13.0. The standard InChI is InChI=1S/C25H26F3N3O3/c1-15(2)13-21(16-3-5-17(6-4-16)24(34)29-12-11-23(32)33)31-22-10-7-18-14-19(25(26,27)28)8-9-20(18)30-22/h3-10,14-15,21H,11-13H2,1-2H3,(H,29,34)(H,30,31)(H,32,33)/t21-/m1/s1. The number of rotatable bonds is 9. The first-order valence-corrected chi connectivity index (χ1v) is 10.9. The minimum atomic E-state index is -4.41. The van der Waals surface area contributed by atoms with Gasteiger partial charge in [-0.05, 0) is 60.4 Å². The predicted molar refractivity (Wildman–Crippen MR) is 124 cm³/mol. The fraction of sp³-hybridized carbons (Fsp3) is 0.320. The van der Waals surface area contributed by atoms with Crippen LogP contribution in [0.4, 0.5) is 19.0 Å². The van der Waals surface area contributed by atoms with Crippen LogP contribution >= 0.6 is 0 Å². The van der Waals surface area contributed by atoms with Crippen molar-refractivity contribution >= 4 is 28.6 Å². The summed E-state index contributed by atoms with van der Waals surface area (Å²) in [7, 11) is 0. The Hall–Kier alpha value is -3.62. The van der Waals surface area contributed by atoms with E-state index >= 15 is 0 Å². The number of fused-ring (bicyclic) bond motifs is 1. The topological polar surface area (TPSA) is 91.3 Å². The molecule has 9 heteroatoms. The molecule has 180 valence electrons. The Morgan fingerprint density at radius 1 is 1.03 bits per heavy atom. The smallest absolute Gasteiger partial charge is 0.416 e. The predicted octanol–water partition coefficient (Wildman–Crippen LogP) is 5.66. The molecule has 0 fully saturated rings. The van der Waals surface area contributed by atoms with Crippen LogP contribution in [-0.4, -0.2) is 28.5 Å². The zero-order valence-corrected chi connectivity index (χ0v) is 18.8. The summed E-state index contributed by atoms with van der Waals surface area (Å²) in [5.74, 6) is -0.461. The molecule has 2 aromatic carbocycles. The van der Waals surface area contributed by atoms with Crippen LogP contribution in [0.3, 0.4) is 0 Å². The molecular formula is C25H26F3N3O3. The molecule has 34 heavy (non-hydrogen) atoms. The summed E-state index contributed by atoms with van der Waals surface area (Å²) in [6.45, 7) is 4.20. The number of benzene rings is 2. The van der Waals surface area contributed by atoms with Gasteiger partial charge in [-0.15, -0.1) is 0 Å². The molecule has 1 heterocycles. The number of halogens is 3. The molecule has 1 atom stereocenters. The monoisotopic (exact) mass is 473 g/mol. The van der Waals surface area contributed by atoms with E-state index in [0.717, 1.165) is 24.1 Å². The Morgan fingerprint density at radius 3 is 2.35 bits per heavy atom. The van der Waals surface area contributed by atoms with Crippen molar-refractivity contribution in [3.05, 3.63) is 71.3 Å². The van der Waals surface area contributed by atoms with E-state index < -0.39 is 17.7 Å². The number of nitrogens with zero attached hydrogens (tertiary/aromatic N) is 1. The van der Waals surface area contributed by atoms with Crippen LogP contribution in [0.2, 0.25) is 0 Å². The van der Waals surface area contributed by atoms with Crippen LogP contribution in [0, 0.1) is 5.92 Å². The number of aromatic nitrogens is 1. The molecule has 0 saturated carbocycles. The molecule has 3 rings (SSSR count). The fourth-order valence-corrected chi connectivity index (χ4v) is 3.56. The number of pyridine rings is 1. The number of carboxylic acid groups (broad SMARTS) is 1. The third-order valence-electron chi connectivity index (χ3n) is 5.25. The Labute approximate surface area is 195 Å². The molecule has 3 N–H and O–H groups in total. The number of carbonyl (C=O) groups excluding carboxylic acids is 1. The van der Waals surface area contributed by atoms with Crippen LogP contribution in [0.25, 0.3) is 10.9 Å². The Balaban J connectivity index is 1.77. The minimum absolute atomic E-state index is 0.0472. The first-order chi connectivity index (χ1) is 16.0. The summed E-state index contributed by atoms with van der Waals surface area (Å²) in [4.78, 5) is 27.3. The van der Waals surface area contributed by atoms with Crippen molar-refractivity contribution in [3.63, 3.8) is 0 Å². The highest BCUT2D eigenvalue weighted by molar-refractivity contribution is 5.94. The molecular weight excluding hydrogens is 447 g/mol. The van der Waals surface area contributed by atoms with E-state index in [1.807, 2.05) is 12.1 Å². The normalized spacial score (nSPS) is 12.5. The first-order valence-electron chi connectivity index (χ1n) is 10.9. The van der Waals surface area contributed by atoms with Crippen LogP contribution in [0.15, 0.2) is 54.6 Å². The van der Waals surface area contributed by atoms with Crippen molar-refractivity contribution < 1.29 is 27.9 Å². The van der Waals surface area contributed by atoms with Gasteiger partial charge in [-0.3, -0.25) is 9.59 Å². The van der Waals surface area contributed by atoms with Gasteiger partial charge in [-0.2, -0.15) is 13.2 Å². The van der Waals surface area contributed by atoms with Crippen LogP contribution in [0.5, 0.6) is 0 Å². The number of hydrogen-bond acceptors (Lipinski definition) is 4. The number of aliphatic carboxylic acids is 1. The van der Waals surface area contributed by atoms with E-state index in [4.69, 9.17) is 5.11 Å². The van der Waals surface area contributed by atoms with Gasteiger partial charge >= 0.3 is 12.1 Å². The van der Waals surface area contributed by atoms with Gasteiger partial charge in [0.2, 0.25) is 0 Å². The van der Waals surface area contributed by atoms with E-state index in [1.165, 1.54) is 6.07 Å². The number of alkyl halides is 3. The molecule has 3 aromatic rings. The molecule has 6 nitrogen and oxygen atoms in total. The van der Waals surface area contributed by atoms with E-state index in [1.54, 1.807) is 24.3 Å². The van der Waals surface area contributed by atoms with Crippen molar-refractivity contribution in [2.24, 2.45) is 5.92 Å². The second-order valence-electron chi connectivity index (χ2n) is 8.45. The number of nitrogens with one attached hydrogen (secondary N) is 2. The molecule has 0 aliphatic heterocycles. The molecule has 0 spiro atoms. The number of anilines is 1. The maximum Gasteiger partial charge on any atom is 0.416 e. The molecule has 0 aliphatic rings. The Bertz CT molecular complexity index is 1160. The van der Waals surface area contributed by atoms with Crippen molar-refractivity contribution in [2.75, 3.05) is 11.9 Å². The summed E-state index contributed by atoms with van der Waals surface area (Å²) in [5, 5.41) is 15.0. The summed E-state index contributed by atoms with van der Waals surface area (Å²) in [5.41, 5.74) is 1.08. The van der Waals surface area contributed by atoms with E-state index in [-0.39, 0.29) is 24.9 Å². The fourth-order valence-electron chi connectivity index (χ4n) is 3.56. The highest BCUT2D eigenvalue weighted by Gasteiger charge is 2.30. The molecule has 0 unspecified atom stereocenters. The highest BCUT2D eigenvalue weighted by Crippen LogP contribution is 2.32. The lowest BCUT2D eigenvalue weighted by Gasteiger charge is -2.22. The summed E-state index contributed by atoms with van der Waals surface area (Å²) in [6.07, 6.45) is -3.80. The van der Waals surface area contributed by atoms with Gasteiger partial charge in [0.25, 0.3) is 5.91 Å². The van der Waals surface area contributed by atoms with Crippen molar-refractivity contribution in [1.82, 2.24) is 10.3 Å². The van der Waals surface area contributed by atoms with Crippen LogP contribution < -0.4 is 10.6 Å². The molecule has 1 aromatic heterocycles. The molecule has 0 radical (unpaired) electrons. The quantitative estimate of drug-likeness (QED) is 0.373. The van der Waals surface area contributed by atoms with Gasteiger partial charge in [0.1, 0.15) is 5.82 Å². The average Bonchev–Trinajstić information content (AvgIpc) is 2.77. The molecule has 0 saturated heterocycles. The van der Waals surface area contributed by atoms with Gasteiger partial charge in [-0.25, -0.2) is 4.98 Å². The zero-order chi connectivity index (χ0) is 24.9. The molecule has 0 aliphatic carbocycles. The van der Waals surface area contributed by atoms with Gasteiger partial charge < -0.3 is 15.7 Å². The zero-order valence-electron chi connectivity index (χ0n) is 18.8. The largest absolute Gasteiger partial charge is 0.481 e. The lowest BCUT2D eigenvalue weighted by atomic mass is 9.96. The van der Waals surface area contributed by atoms with Crippen molar-refractivity contribution in [1.29, 1.82) is 0 Å². The van der Waals surface area contributed by atoms with Crippen molar-refractivity contribution in [3.8, 4) is 0 Å². The third kappa shape index (κ3) is 6.69. The van der Waals surface area contributed by atoms with Crippen molar-refractivity contribution in [2.45, 2.75) is 38.9 Å². The Morgan fingerprint density at radius 2 is 1.74 bits per heavy atom. The second-order valence-corrected chi connectivity index (χ2v) is 8.45. The number of carbonyl (C=O) groups is 2. The third-order valence-corrected chi connectivity index (χ3v) is 5.25. The maximum atomic E-state index is 13.0. The summed E-state index contributed by atoms with van der Waals surface area (Å²) in [6, 6.07) is 13.6. The summed E-state index contributed by atoms with van der Waals surface area (Å²) >= 11 is 0. The molecule has 1 amide bonds. The number of carboxylic acids is 1. The van der Waals surface area contributed by atoms with Gasteiger partial charge in [-0.1, -0.05) is 26.0 Å². The molecule has 0 bridgehead atoms. The van der Waals surface area contributed by atoms with Gasteiger partial charge in [0.15, 0.2) is 0 Å². The van der Waals surface area contributed by atoms with Crippen LogP contribution in [0.1, 0.15) is 54.2 Å². The lowest BCUT2D eigenvalue weighted by molar-refractivity contribution is -0.138. The SMILES string of the molecule is CC(C)C[C@@H](Nc1ccc2cc(C(F)(F)F)ccc2n1)c1ccc(C(=O)NCCC(=O)O)cc1. The van der Waals surface area contributed by atoms with E-state index in [9.17, 15) is 22.8 Å². The number of hydrogen-bond donors (Lipinski definition) is 3. The van der Waals surface area contributed by atoms with E-state index in [2.05, 4.69) is 29.5 Å². The van der Waals surface area contributed by atoms with Gasteiger partial charge in [0.05, 0.1) is 23.5 Å². The lowest BCUT2D eigenvalue weighted by Crippen LogP contribution is -2.26. The number of amides is 1. The average molecular weight is 473 g/mol. The van der Waals surface area contributed by atoms with Crippen LogP contribution in [-0.2, 0) is 11.0 Å². The van der Waals surface area contributed by atoms with E-state index in [0.29, 0.717) is 28.2 Å². The Kier molecular flexibility index (Phi) is 7.75. The summed E-state index contributed by atoms with van der Waals surface area (Å²) < 4.78 is 38.9. The second kappa shape index (κ2) is 10.5. The minimum Gasteiger partial charge on any atom is -0.481 e.